The number of aromatic nitrogens is 2. The van der Waals surface area contributed by atoms with E-state index in [1.54, 1.807) is 42.6 Å². The minimum Gasteiger partial charge on any atom is -0.459 e. The molecule has 2 aromatic heterocycles. The molecule has 3 aromatic rings. The molecule has 1 aliphatic rings. The van der Waals surface area contributed by atoms with E-state index in [0.29, 0.717) is 30.4 Å². The molecule has 154 valence electrons. The number of hydrogen-bond donors (Lipinski definition) is 1. The van der Waals surface area contributed by atoms with Crippen LogP contribution in [0.5, 0.6) is 0 Å². The number of hydrogen-bond acceptors (Lipinski definition) is 6. The first-order chi connectivity index (χ1) is 14.6. The topological polar surface area (TPSA) is 91.6 Å². The van der Waals surface area contributed by atoms with Gasteiger partial charge in [-0.1, -0.05) is 0 Å². The number of rotatable bonds is 5. The third-order valence-corrected chi connectivity index (χ3v) is 5.35. The number of likely N-dealkylation sites (tertiary alicyclic amines) is 1. The van der Waals surface area contributed by atoms with E-state index < -0.39 is 0 Å². The quantitative estimate of drug-likeness (QED) is 0.701. The molecule has 30 heavy (non-hydrogen) atoms. The second-order valence-corrected chi connectivity index (χ2v) is 7.22. The smallest absolute Gasteiger partial charge is 0.291 e. The lowest BCUT2D eigenvalue weighted by Gasteiger charge is -2.37. The van der Waals surface area contributed by atoms with Crippen molar-refractivity contribution in [3.63, 3.8) is 0 Å². The molecule has 1 fully saturated rings. The van der Waals surface area contributed by atoms with Crippen molar-refractivity contribution in [2.45, 2.75) is 18.9 Å². The molecule has 0 spiro atoms. The van der Waals surface area contributed by atoms with Gasteiger partial charge in [-0.05, 0) is 61.4 Å². The van der Waals surface area contributed by atoms with Gasteiger partial charge in [-0.2, -0.15) is 5.10 Å². The van der Waals surface area contributed by atoms with Gasteiger partial charge in [-0.25, -0.2) is 0 Å². The Morgan fingerprint density at radius 2 is 1.87 bits per heavy atom. The van der Waals surface area contributed by atoms with Crippen LogP contribution < -0.4 is 10.2 Å². The summed E-state index contributed by atoms with van der Waals surface area (Å²) in [6.07, 6.45) is 4.85. The third kappa shape index (κ3) is 4.32. The normalized spacial score (nSPS) is 14.4. The first-order valence-corrected chi connectivity index (χ1v) is 9.86. The van der Waals surface area contributed by atoms with Crippen LogP contribution in [0.2, 0.25) is 0 Å². The van der Waals surface area contributed by atoms with Crippen molar-refractivity contribution in [3.8, 4) is 0 Å². The molecule has 2 amide bonds. The lowest BCUT2D eigenvalue weighted by Crippen LogP contribution is -2.45. The molecule has 4 rings (SSSR count). The van der Waals surface area contributed by atoms with Crippen molar-refractivity contribution in [2.24, 2.45) is 0 Å². The highest BCUT2D eigenvalue weighted by Gasteiger charge is 2.26. The van der Waals surface area contributed by atoms with Crippen molar-refractivity contribution in [2.75, 3.05) is 30.4 Å². The third-order valence-electron chi connectivity index (χ3n) is 5.35. The van der Waals surface area contributed by atoms with Crippen molar-refractivity contribution < 1.29 is 14.0 Å². The molecule has 8 nitrogen and oxygen atoms in total. The molecule has 8 heteroatoms. The number of amides is 2. The molecule has 0 radical (unpaired) electrons. The fraction of sp³-hybridized carbons (Fsp3) is 0.273. The summed E-state index contributed by atoms with van der Waals surface area (Å²) >= 11 is 0. The highest BCUT2D eigenvalue weighted by atomic mass is 16.3. The van der Waals surface area contributed by atoms with Gasteiger partial charge in [0, 0.05) is 43.6 Å². The zero-order valence-electron chi connectivity index (χ0n) is 16.7. The van der Waals surface area contributed by atoms with Crippen LogP contribution in [-0.2, 0) is 0 Å². The number of nitrogens with one attached hydrogen (secondary N) is 1. The van der Waals surface area contributed by atoms with Crippen LogP contribution in [0.4, 0.5) is 11.5 Å². The predicted molar refractivity (Wildman–Crippen MR) is 112 cm³/mol. The molecule has 0 saturated carbocycles. The lowest BCUT2D eigenvalue weighted by molar-refractivity contribution is 0.0713. The van der Waals surface area contributed by atoms with Crippen LogP contribution in [-0.4, -0.2) is 53.1 Å². The molecule has 0 aliphatic carbocycles. The van der Waals surface area contributed by atoms with Gasteiger partial charge in [0.25, 0.3) is 11.8 Å². The zero-order valence-corrected chi connectivity index (χ0v) is 16.7. The van der Waals surface area contributed by atoms with Gasteiger partial charge < -0.3 is 19.5 Å². The van der Waals surface area contributed by atoms with Crippen LogP contribution in [0.3, 0.4) is 0 Å². The van der Waals surface area contributed by atoms with Gasteiger partial charge in [-0.3, -0.25) is 9.59 Å². The van der Waals surface area contributed by atoms with Crippen molar-refractivity contribution in [1.82, 2.24) is 15.1 Å². The highest BCUT2D eigenvalue weighted by molar-refractivity contribution is 6.02. The number of benzene rings is 1. The predicted octanol–water partition coefficient (Wildman–Crippen LogP) is 3.06. The van der Waals surface area contributed by atoms with Gasteiger partial charge in [0.2, 0.25) is 0 Å². The first kappa shape index (κ1) is 19.6. The fourth-order valence-corrected chi connectivity index (χ4v) is 3.60. The number of carbonyl (C=O) groups is 2. The molecule has 1 saturated heterocycles. The largest absolute Gasteiger partial charge is 0.459 e. The Bertz CT molecular complexity index is 981. The van der Waals surface area contributed by atoms with Gasteiger partial charge in [0.15, 0.2) is 11.6 Å². The number of furan rings is 1. The highest BCUT2D eigenvalue weighted by Crippen LogP contribution is 2.21. The van der Waals surface area contributed by atoms with Gasteiger partial charge in [-0.15, -0.1) is 5.10 Å². The Balaban J connectivity index is 1.32. The molecule has 1 aliphatic heterocycles. The standard InChI is InChI=1S/C22H23N5O3/c1-26(20-5-2-12-23-25-20)18-10-13-27(14-11-18)22(29)16-6-8-17(9-7-16)24-21(28)19-4-3-15-30-19/h2-9,12,15,18H,10-11,13-14H2,1H3,(H,24,28). The molecule has 0 atom stereocenters. The fourth-order valence-electron chi connectivity index (χ4n) is 3.60. The number of piperidine rings is 1. The summed E-state index contributed by atoms with van der Waals surface area (Å²) in [6, 6.07) is 14.3. The monoisotopic (exact) mass is 405 g/mol. The Morgan fingerprint density at radius 1 is 1.10 bits per heavy atom. The first-order valence-electron chi connectivity index (χ1n) is 9.86. The Morgan fingerprint density at radius 3 is 2.50 bits per heavy atom. The van der Waals surface area contributed by atoms with E-state index in [1.807, 2.05) is 24.1 Å². The number of anilines is 2. The number of nitrogens with zero attached hydrogens (tertiary/aromatic N) is 4. The van der Waals surface area contributed by atoms with E-state index in [0.717, 1.165) is 18.7 Å². The van der Waals surface area contributed by atoms with Gasteiger partial charge in [0.05, 0.1) is 6.26 Å². The van der Waals surface area contributed by atoms with E-state index in [1.165, 1.54) is 6.26 Å². The molecule has 0 bridgehead atoms. The Labute approximate surface area is 174 Å². The maximum atomic E-state index is 12.9. The van der Waals surface area contributed by atoms with Crippen molar-refractivity contribution >= 4 is 23.3 Å². The molecular formula is C22H23N5O3. The molecule has 1 N–H and O–H groups in total. The average Bonchev–Trinajstić information content (AvgIpc) is 3.35. The Hall–Kier alpha value is -3.68. The summed E-state index contributed by atoms with van der Waals surface area (Å²) < 4.78 is 5.08. The maximum Gasteiger partial charge on any atom is 0.291 e. The maximum absolute atomic E-state index is 12.9. The van der Waals surface area contributed by atoms with Gasteiger partial charge >= 0.3 is 0 Å². The summed E-state index contributed by atoms with van der Waals surface area (Å²) in [7, 11) is 2.02. The number of carbonyl (C=O) groups excluding carboxylic acids is 2. The second-order valence-electron chi connectivity index (χ2n) is 7.22. The SMILES string of the molecule is CN(c1cccnn1)C1CCN(C(=O)c2ccc(NC(=O)c3ccco3)cc2)CC1. The van der Waals surface area contributed by atoms with Crippen LogP contribution in [0, 0.1) is 0 Å². The summed E-state index contributed by atoms with van der Waals surface area (Å²) in [6.45, 7) is 1.37. The van der Waals surface area contributed by atoms with E-state index in [-0.39, 0.29) is 17.6 Å². The molecule has 1 aromatic carbocycles. The van der Waals surface area contributed by atoms with E-state index in [9.17, 15) is 9.59 Å². The summed E-state index contributed by atoms with van der Waals surface area (Å²) in [5.41, 5.74) is 1.21. The van der Waals surface area contributed by atoms with Crippen LogP contribution >= 0.6 is 0 Å². The summed E-state index contributed by atoms with van der Waals surface area (Å²) in [5, 5.41) is 10.8. The van der Waals surface area contributed by atoms with E-state index in [2.05, 4.69) is 20.4 Å². The zero-order chi connectivity index (χ0) is 20.9. The lowest BCUT2D eigenvalue weighted by atomic mass is 10.0. The van der Waals surface area contributed by atoms with Gasteiger partial charge in [0.1, 0.15) is 0 Å². The second kappa shape index (κ2) is 8.77. The summed E-state index contributed by atoms with van der Waals surface area (Å²) in [4.78, 5) is 28.9. The van der Waals surface area contributed by atoms with Crippen LogP contribution in [0.15, 0.2) is 65.4 Å². The minimum atomic E-state index is -0.326. The van der Waals surface area contributed by atoms with E-state index >= 15 is 0 Å². The van der Waals surface area contributed by atoms with Crippen LogP contribution in [0.1, 0.15) is 33.8 Å². The average molecular weight is 405 g/mol. The van der Waals surface area contributed by atoms with Crippen LogP contribution in [0.25, 0.3) is 0 Å². The molecular weight excluding hydrogens is 382 g/mol. The van der Waals surface area contributed by atoms with E-state index in [4.69, 9.17) is 4.42 Å². The Kier molecular flexibility index (Phi) is 5.74. The summed E-state index contributed by atoms with van der Waals surface area (Å²) in [5.74, 6) is 0.756. The van der Waals surface area contributed by atoms with Crippen molar-refractivity contribution in [1.29, 1.82) is 0 Å². The van der Waals surface area contributed by atoms with Crippen molar-refractivity contribution in [3.05, 3.63) is 72.3 Å². The molecule has 3 heterocycles. The minimum absolute atomic E-state index is 0.000447. The molecule has 0 unspecified atom stereocenters.